The maximum atomic E-state index is 10.8. The molecule has 0 radical (unpaired) electrons. The van der Waals surface area contributed by atoms with E-state index in [1.54, 1.807) is 6.20 Å². The Bertz CT molecular complexity index is 666. The first-order valence-electron chi connectivity index (χ1n) is 6.53. The number of aromatic nitrogens is 1. The van der Waals surface area contributed by atoms with Crippen molar-refractivity contribution in [1.29, 1.82) is 0 Å². The number of pyridine rings is 1. The molecule has 0 atom stereocenters. The molecule has 20 heavy (non-hydrogen) atoms. The number of fused-ring (bicyclic) bond motifs is 1. The average molecular weight is 294 g/mol. The molecular weight excluding hydrogens is 276 g/mol. The fraction of sp³-hybridized carbons (Fsp3) is 0.357. The van der Waals surface area contributed by atoms with E-state index in [4.69, 9.17) is 9.88 Å². The van der Waals surface area contributed by atoms with Crippen LogP contribution in [-0.4, -0.2) is 25.8 Å². The SMILES string of the molecule is NS(=O)(=O)CCCCCOc1cccc2ncccc12. The highest BCUT2D eigenvalue weighted by molar-refractivity contribution is 7.89. The highest BCUT2D eigenvalue weighted by Crippen LogP contribution is 2.23. The van der Waals surface area contributed by atoms with Gasteiger partial charge >= 0.3 is 0 Å². The second-order valence-corrected chi connectivity index (χ2v) is 6.34. The quantitative estimate of drug-likeness (QED) is 0.792. The van der Waals surface area contributed by atoms with Crippen LogP contribution in [0, 0.1) is 0 Å². The van der Waals surface area contributed by atoms with Crippen LogP contribution in [-0.2, 0) is 10.0 Å². The van der Waals surface area contributed by atoms with E-state index >= 15 is 0 Å². The van der Waals surface area contributed by atoms with Gasteiger partial charge in [-0.05, 0) is 43.5 Å². The van der Waals surface area contributed by atoms with E-state index in [9.17, 15) is 8.42 Å². The molecule has 0 amide bonds. The molecule has 1 heterocycles. The van der Waals surface area contributed by atoms with Crippen molar-refractivity contribution in [1.82, 2.24) is 4.98 Å². The Labute approximate surface area is 118 Å². The first-order valence-corrected chi connectivity index (χ1v) is 8.25. The van der Waals surface area contributed by atoms with Gasteiger partial charge in [-0.2, -0.15) is 0 Å². The summed E-state index contributed by atoms with van der Waals surface area (Å²) in [7, 11) is -3.34. The van der Waals surface area contributed by atoms with Gasteiger partial charge in [0.05, 0.1) is 17.9 Å². The number of ether oxygens (including phenoxy) is 1. The highest BCUT2D eigenvalue weighted by Gasteiger charge is 2.03. The molecule has 1 aromatic heterocycles. The van der Waals surface area contributed by atoms with Crippen molar-refractivity contribution >= 4 is 20.9 Å². The number of sulfonamides is 1. The molecule has 0 unspecified atom stereocenters. The molecule has 1 aromatic carbocycles. The monoisotopic (exact) mass is 294 g/mol. The Morgan fingerprint density at radius 3 is 2.75 bits per heavy atom. The summed E-state index contributed by atoms with van der Waals surface area (Å²) in [5.41, 5.74) is 0.902. The van der Waals surface area contributed by atoms with Crippen LogP contribution >= 0.6 is 0 Å². The number of hydrogen-bond acceptors (Lipinski definition) is 4. The van der Waals surface area contributed by atoms with E-state index in [1.807, 2.05) is 30.3 Å². The zero-order valence-electron chi connectivity index (χ0n) is 11.2. The summed E-state index contributed by atoms with van der Waals surface area (Å²) in [5.74, 6) is 0.840. The van der Waals surface area contributed by atoms with Crippen molar-refractivity contribution in [2.45, 2.75) is 19.3 Å². The van der Waals surface area contributed by atoms with Crippen LogP contribution in [0.1, 0.15) is 19.3 Å². The smallest absolute Gasteiger partial charge is 0.209 e. The summed E-state index contributed by atoms with van der Waals surface area (Å²) in [6.45, 7) is 0.554. The van der Waals surface area contributed by atoms with Gasteiger partial charge in [-0.1, -0.05) is 6.07 Å². The van der Waals surface area contributed by atoms with E-state index in [0.29, 0.717) is 13.0 Å². The van der Waals surface area contributed by atoms with Crippen LogP contribution in [0.4, 0.5) is 0 Å². The lowest BCUT2D eigenvalue weighted by molar-refractivity contribution is 0.310. The van der Waals surface area contributed by atoms with Gasteiger partial charge < -0.3 is 4.74 Å². The van der Waals surface area contributed by atoms with Gasteiger partial charge in [0.15, 0.2) is 0 Å². The number of nitrogens with two attached hydrogens (primary N) is 1. The molecule has 0 aliphatic carbocycles. The first-order chi connectivity index (χ1) is 9.56. The summed E-state index contributed by atoms with van der Waals surface area (Å²) in [6.07, 6.45) is 3.89. The van der Waals surface area contributed by atoms with Crippen molar-refractivity contribution in [3.05, 3.63) is 36.5 Å². The Hall–Kier alpha value is -1.66. The summed E-state index contributed by atoms with van der Waals surface area (Å²) >= 11 is 0. The number of nitrogens with zero attached hydrogens (tertiary/aromatic N) is 1. The number of unbranched alkanes of at least 4 members (excludes halogenated alkanes) is 2. The zero-order chi connectivity index (χ0) is 14.4. The van der Waals surface area contributed by atoms with Gasteiger partial charge in [-0.15, -0.1) is 0 Å². The topological polar surface area (TPSA) is 82.3 Å². The molecule has 0 spiro atoms. The van der Waals surface area contributed by atoms with E-state index < -0.39 is 10.0 Å². The van der Waals surface area contributed by atoms with Crippen LogP contribution in [0.2, 0.25) is 0 Å². The van der Waals surface area contributed by atoms with Gasteiger partial charge in [-0.3, -0.25) is 4.98 Å². The molecule has 0 saturated carbocycles. The molecule has 0 bridgehead atoms. The average Bonchev–Trinajstić information content (AvgIpc) is 2.41. The zero-order valence-corrected chi connectivity index (χ0v) is 12.0. The molecule has 0 fully saturated rings. The molecular formula is C14H18N2O3S. The summed E-state index contributed by atoms with van der Waals surface area (Å²) < 4.78 is 27.3. The number of primary sulfonamides is 1. The molecule has 6 heteroatoms. The Morgan fingerprint density at radius 2 is 1.95 bits per heavy atom. The Balaban J connectivity index is 1.82. The predicted molar refractivity (Wildman–Crippen MR) is 79.1 cm³/mol. The molecule has 2 aromatic rings. The fourth-order valence-electron chi connectivity index (χ4n) is 1.97. The van der Waals surface area contributed by atoms with Crippen LogP contribution in [0.25, 0.3) is 10.9 Å². The number of hydrogen-bond donors (Lipinski definition) is 1. The van der Waals surface area contributed by atoms with E-state index in [-0.39, 0.29) is 5.75 Å². The van der Waals surface area contributed by atoms with Crippen LogP contribution in [0.15, 0.2) is 36.5 Å². The third-order valence-electron chi connectivity index (χ3n) is 2.94. The number of rotatable bonds is 7. The summed E-state index contributed by atoms with van der Waals surface area (Å²) in [5, 5.41) is 5.92. The molecule has 108 valence electrons. The minimum Gasteiger partial charge on any atom is -0.493 e. The summed E-state index contributed by atoms with van der Waals surface area (Å²) in [6, 6.07) is 9.61. The molecule has 2 rings (SSSR count). The minimum absolute atomic E-state index is 0.0329. The summed E-state index contributed by atoms with van der Waals surface area (Å²) in [4.78, 5) is 4.27. The second kappa shape index (κ2) is 6.67. The molecule has 0 aliphatic heterocycles. The normalized spacial score (nSPS) is 11.7. The van der Waals surface area contributed by atoms with Gasteiger partial charge in [0.1, 0.15) is 5.75 Å². The lowest BCUT2D eigenvalue weighted by Crippen LogP contribution is -2.16. The van der Waals surface area contributed by atoms with Crippen molar-refractivity contribution in [2.75, 3.05) is 12.4 Å². The molecule has 5 nitrogen and oxygen atoms in total. The third-order valence-corrected chi connectivity index (χ3v) is 3.79. The second-order valence-electron chi connectivity index (χ2n) is 4.60. The maximum absolute atomic E-state index is 10.8. The largest absolute Gasteiger partial charge is 0.493 e. The van der Waals surface area contributed by atoms with Gasteiger partial charge in [0.2, 0.25) is 10.0 Å². The third kappa shape index (κ3) is 4.47. The van der Waals surface area contributed by atoms with Gasteiger partial charge in [-0.25, -0.2) is 13.6 Å². The van der Waals surface area contributed by atoms with E-state index in [0.717, 1.165) is 29.5 Å². The number of benzene rings is 1. The standard InChI is InChI=1S/C14H18N2O3S/c15-20(17,18)11-3-1-2-10-19-14-8-4-7-13-12(14)6-5-9-16-13/h4-9H,1-3,10-11H2,(H2,15,17,18). The van der Waals surface area contributed by atoms with Crippen molar-refractivity contribution in [2.24, 2.45) is 5.14 Å². The molecule has 0 aliphatic rings. The maximum Gasteiger partial charge on any atom is 0.209 e. The van der Waals surface area contributed by atoms with Gasteiger partial charge in [0.25, 0.3) is 0 Å². The van der Waals surface area contributed by atoms with Crippen molar-refractivity contribution in [3.8, 4) is 5.75 Å². The lowest BCUT2D eigenvalue weighted by atomic mass is 10.2. The van der Waals surface area contributed by atoms with Crippen LogP contribution in [0.5, 0.6) is 5.75 Å². The van der Waals surface area contributed by atoms with Crippen LogP contribution in [0.3, 0.4) is 0 Å². The van der Waals surface area contributed by atoms with Crippen LogP contribution < -0.4 is 9.88 Å². The van der Waals surface area contributed by atoms with E-state index in [2.05, 4.69) is 4.98 Å². The van der Waals surface area contributed by atoms with Crippen molar-refractivity contribution in [3.63, 3.8) is 0 Å². The van der Waals surface area contributed by atoms with E-state index in [1.165, 1.54) is 0 Å². The highest BCUT2D eigenvalue weighted by atomic mass is 32.2. The Kier molecular flexibility index (Phi) is 4.92. The lowest BCUT2D eigenvalue weighted by Gasteiger charge is -2.08. The minimum atomic E-state index is -3.34. The molecule has 0 saturated heterocycles. The predicted octanol–water partition coefficient (Wildman–Crippen LogP) is 2.07. The first kappa shape index (κ1) is 14.7. The molecule has 2 N–H and O–H groups in total. The fourth-order valence-corrected chi connectivity index (χ4v) is 2.57. The van der Waals surface area contributed by atoms with Crippen molar-refractivity contribution < 1.29 is 13.2 Å². The Morgan fingerprint density at radius 1 is 1.10 bits per heavy atom. The van der Waals surface area contributed by atoms with Gasteiger partial charge in [0, 0.05) is 11.6 Å².